The summed E-state index contributed by atoms with van der Waals surface area (Å²) in [6.45, 7) is 2.11. The van der Waals surface area contributed by atoms with Crippen LogP contribution in [0.2, 0.25) is 0 Å². The van der Waals surface area contributed by atoms with E-state index >= 15 is 0 Å². The van der Waals surface area contributed by atoms with E-state index in [1.54, 1.807) is 19.1 Å². The molecule has 0 aromatic heterocycles. The van der Waals surface area contributed by atoms with Gasteiger partial charge in [0.1, 0.15) is 5.82 Å². The number of benzene rings is 1. The van der Waals surface area contributed by atoms with Gasteiger partial charge >= 0.3 is 0 Å². The van der Waals surface area contributed by atoms with Crippen molar-refractivity contribution in [2.24, 2.45) is 5.73 Å². The molecule has 0 aliphatic heterocycles. The SMILES string of the molecule is Cc1c(F)cccc1NC(=O)CCCN.Cl. The highest BCUT2D eigenvalue weighted by molar-refractivity contribution is 5.91. The summed E-state index contributed by atoms with van der Waals surface area (Å²) in [6, 6.07) is 4.62. The van der Waals surface area contributed by atoms with E-state index in [0.717, 1.165) is 0 Å². The zero-order valence-corrected chi connectivity index (χ0v) is 9.94. The molecule has 0 saturated carbocycles. The van der Waals surface area contributed by atoms with E-state index in [9.17, 15) is 9.18 Å². The summed E-state index contributed by atoms with van der Waals surface area (Å²) in [5.41, 5.74) is 6.27. The van der Waals surface area contributed by atoms with Gasteiger partial charge in [0.2, 0.25) is 5.91 Å². The lowest BCUT2D eigenvalue weighted by Gasteiger charge is -2.08. The third-order valence-corrected chi connectivity index (χ3v) is 2.15. The van der Waals surface area contributed by atoms with E-state index in [-0.39, 0.29) is 24.1 Å². The highest BCUT2D eigenvalue weighted by Gasteiger charge is 2.06. The van der Waals surface area contributed by atoms with Gasteiger partial charge in [-0.3, -0.25) is 4.79 Å². The lowest BCUT2D eigenvalue weighted by atomic mass is 10.2. The Labute approximate surface area is 101 Å². The summed E-state index contributed by atoms with van der Waals surface area (Å²) >= 11 is 0. The zero-order chi connectivity index (χ0) is 11.3. The van der Waals surface area contributed by atoms with Gasteiger partial charge < -0.3 is 11.1 Å². The molecule has 1 rings (SSSR count). The first kappa shape index (κ1) is 14.9. The first-order chi connectivity index (χ1) is 7.15. The average molecular weight is 247 g/mol. The fraction of sp³-hybridized carbons (Fsp3) is 0.364. The summed E-state index contributed by atoms with van der Waals surface area (Å²) in [4.78, 5) is 11.3. The van der Waals surface area contributed by atoms with Gasteiger partial charge in [0.25, 0.3) is 0 Å². The minimum Gasteiger partial charge on any atom is -0.330 e. The van der Waals surface area contributed by atoms with Crippen molar-refractivity contribution in [1.82, 2.24) is 0 Å². The zero-order valence-electron chi connectivity index (χ0n) is 9.13. The molecule has 3 nitrogen and oxygen atoms in total. The molecule has 0 bridgehead atoms. The van der Waals surface area contributed by atoms with Crippen LogP contribution < -0.4 is 11.1 Å². The van der Waals surface area contributed by atoms with Crippen LogP contribution in [0.5, 0.6) is 0 Å². The van der Waals surface area contributed by atoms with Crippen LogP contribution in [0.4, 0.5) is 10.1 Å². The van der Waals surface area contributed by atoms with Gasteiger partial charge in [0, 0.05) is 17.7 Å². The van der Waals surface area contributed by atoms with Crippen LogP contribution >= 0.6 is 12.4 Å². The van der Waals surface area contributed by atoms with Crippen LogP contribution in [-0.2, 0) is 4.79 Å². The Hall–Kier alpha value is -1.13. The third kappa shape index (κ3) is 4.16. The second kappa shape index (κ2) is 7.19. The van der Waals surface area contributed by atoms with Crippen LogP contribution in [0.15, 0.2) is 18.2 Å². The Morgan fingerprint density at radius 2 is 2.19 bits per heavy atom. The normalized spacial score (nSPS) is 9.44. The van der Waals surface area contributed by atoms with Crippen molar-refractivity contribution < 1.29 is 9.18 Å². The summed E-state index contributed by atoms with van der Waals surface area (Å²) in [5.74, 6) is -0.444. The second-order valence-electron chi connectivity index (χ2n) is 3.35. The number of anilines is 1. The number of nitrogens with two attached hydrogens (primary N) is 1. The van der Waals surface area contributed by atoms with Gasteiger partial charge in [-0.2, -0.15) is 0 Å². The molecule has 1 aromatic carbocycles. The summed E-state index contributed by atoms with van der Waals surface area (Å²) in [7, 11) is 0. The first-order valence-electron chi connectivity index (χ1n) is 4.90. The molecule has 90 valence electrons. The van der Waals surface area contributed by atoms with Crippen molar-refractivity contribution in [3.63, 3.8) is 0 Å². The molecule has 0 spiro atoms. The van der Waals surface area contributed by atoms with Crippen molar-refractivity contribution in [2.75, 3.05) is 11.9 Å². The summed E-state index contributed by atoms with van der Waals surface area (Å²) in [6.07, 6.45) is 1.01. The van der Waals surface area contributed by atoms with Gasteiger partial charge in [-0.05, 0) is 32.0 Å². The fourth-order valence-corrected chi connectivity index (χ4v) is 1.22. The van der Waals surface area contributed by atoms with Gasteiger partial charge in [-0.15, -0.1) is 12.4 Å². The number of hydrogen-bond donors (Lipinski definition) is 2. The molecular formula is C11H16ClFN2O. The molecule has 0 heterocycles. The molecule has 0 aliphatic carbocycles. The maximum absolute atomic E-state index is 13.1. The van der Waals surface area contributed by atoms with Gasteiger partial charge in [0.05, 0.1) is 0 Å². The molecule has 0 saturated heterocycles. The quantitative estimate of drug-likeness (QED) is 0.856. The van der Waals surface area contributed by atoms with E-state index in [0.29, 0.717) is 30.6 Å². The highest BCUT2D eigenvalue weighted by atomic mass is 35.5. The Morgan fingerprint density at radius 1 is 1.50 bits per heavy atom. The minimum absolute atomic E-state index is 0. The van der Waals surface area contributed by atoms with Crippen molar-refractivity contribution >= 4 is 24.0 Å². The third-order valence-electron chi connectivity index (χ3n) is 2.15. The topological polar surface area (TPSA) is 55.1 Å². The lowest BCUT2D eigenvalue weighted by Crippen LogP contribution is -2.14. The van der Waals surface area contributed by atoms with Crippen molar-refractivity contribution in [3.8, 4) is 0 Å². The largest absolute Gasteiger partial charge is 0.330 e. The van der Waals surface area contributed by atoms with Gasteiger partial charge in [-0.1, -0.05) is 6.07 Å². The van der Waals surface area contributed by atoms with Crippen LogP contribution in [0.25, 0.3) is 0 Å². The van der Waals surface area contributed by atoms with E-state index in [4.69, 9.17) is 5.73 Å². The van der Waals surface area contributed by atoms with Crippen molar-refractivity contribution in [1.29, 1.82) is 0 Å². The average Bonchev–Trinajstić information content (AvgIpc) is 2.22. The predicted molar refractivity (Wildman–Crippen MR) is 65.3 cm³/mol. The van der Waals surface area contributed by atoms with Crippen LogP contribution in [0.1, 0.15) is 18.4 Å². The maximum atomic E-state index is 13.1. The number of rotatable bonds is 4. The Bertz CT molecular complexity index is 358. The van der Waals surface area contributed by atoms with E-state index in [1.165, 1.54) is 6.07 Å². The number of amides is 1. The smallest absolute Gasteiger partial charge is 0.224 e. The molecule has 0 aliphatic rings. The molecule has 16 heavy (non-hydrogen) atoms. The van der Waals surface area contributed by atoms with E-state index < -0.39 is 0 Å². The van der Waals surface area contributed by atoms with Gasteiger partial charge in [0.15, 0.2) is 0 Å². The number of carbonyl (C=O) groups is 1. The number of hydrogen-bond acceptors (Lipinski definition) is 2. The predicted octanol–water partition coefficient (Wildman–Crippen LogP) is 2.23. The fourth-order valence-electron chi connectivity index (χ4n) is 1.22. The monoisotopic (exact) mass is 246 g/mol. The molecule has 5 heteroatoms. The van der Waals surface area contributed by atoms with Crippen molar-refractivity contribution in [2.45, 2.75) is 19.8 Å². The van der Waals surface area contributed by atoms with Crippen LogP contribution in [0, 0.1) is 12.7 Å². The Morgan fingerprint density at radius 3 is 2.81 bits per heavy atom. The Balaban J connectivity index is 0.00000225. The molecule has 1 aromatic rings. The van der Waals surface area contributed by atoms with Crippen LogP contribution in [0.3, 0.4) is 0 Å². The van der Waals surface area contributed by atoms with Crippen molar-refractivity contribution in [3.05, 3.63) is 29.6 Å². The molecule has 1 amide bonds. The number of halogens is 2. The molecule has 0 radical (unpaired) electrons. The highest BCUT2D eigenvalue weighted by Crippen LogP contribution is 2.17. The van der Waals surface area contributed by atoms with E-state index in [1.807, 2.05) is 0 Å². The van der Waals surface area contributed by atoms with Gasteiger partial charge in [-0.25, -0.2) is 4.39 Å². The summed E-state index contributed by atoms with van der Waals surface area (Å²) < 4.78 is 13.1. The molecule has 0 fully saturated rings. The second-order valence-corrected chi connectivity index (χ2v) is 3.35. The first-order valence-corrected chi connectivity index (χ1v) is 4.90. The number of carbonyl (C=O) groups excluding carboxylic acids is 1. The Kier molecular flexibility index (Phi) is 6.69. The molecule has 3 N–H and O–H groups in total. The van der Waals surface area contributed by atoms with E-state index in [2.05, 4.69) is 5.32 Å². The maximum Gasteiger partial charge on any atom is 0.224 e. The standard InChI is InChI=1S/C11H15FN2O.ClH/c1-8-9(12)4-2-5-10(8)14-11(15)6-3-7-13;/h2,4-5H,3,6-7,13H2,1H3,(H,14,15);1H. The summed E-state index contributed by atoms with van der Waals surface area (Å²) in [5, 5.41) is 2.65. The molecular weight excluding hydrogens is 231 g/mol. The number of nitrogens with one attached hydrogen (secondary N) is 1. The lowest BCUT2D eigenvalue weighted by molar-refractivity contribution is -0.116. The minimum atomic E-state index is -0.313. The molecule has 0 unspecified atom stereocenters. The van der Waals surface area contributed by atoms with Crippen LogP contribution in [-0.4, -0.2) is 12.5 Å². The molecule has 0 atom stereocenters.